The van der Waals surface area contributed by atoms with Crippen molar-refractivity contribution in [1.82, 2.24) is 0 Å². The molecule has 0 heterocycles. The average Bonchev–Trinajstić information content (AvgIpc) is 2.60. The van der Waals surface area contributed by atoms with Gasteiger partial charge in [-0.15, -0.1) is 0 Å². The fourth-order valence-corrected chi connectivity index (χ4v) is 1.74. The maximum Gasteiger partial charge on any atom is 0.321 e. The fraction of sp³-hybridized carbons (Fsp3) is 0.333. The predicted molar refractivity (Wildman–Crippen MR) is 68.3 cm³/mol. The largest absolute Gasteiger partial charge is 0.481 e. The summed E-state index contributed by atoms with van der Waals surface area (Å²) in [5, 5.41) is 28.4. The molecule has 2 atom stereocenters. The Hall–Kier alpha value is -2.48. The molecule has 0 saturated carbocycles. The number of hydrogen-bond acceptors (Lipinski definition) is 5. The van der Waals surface area contributed by atoms with E-state index in [1.807, 2.05) is 0 Å². The number of nitrogens with two attached hydrogens (primary N) is 1. The van der Waals surface area contributed by atoms with Crippen LogP contribution < -0.4 is 5.73 Å². The Bertz CT molecular complexity index is 520. The highest BCUT2D eigenvalue weighted by Gasteiger charge is 2.31. The molecule has 20 heavy (non-hydrogen) atoms. The summed E-state index contributed by atoms with van der Waals surface area (Å²) in [5.74, 6) is -4.01. The van der Waals surface area contributed by atoms with Gasteiger partial charge in [0.15, 0.2) is 0 Å². The maximum atomic E-state index is 11.1. The van der Waals surface area contributed by atoms with Crippen molar-refractivity contribution in [2.45, 2.75) is 18.9 Å². The van der Waals surface area contributed by atoms with E-state index in [0.717, 1.165) is 0 Å². The van der Waals surface area contributed by atoms with Crippen molar-refractivity contribution in [2.24, 2.45) is 11.7 Å². The molecule has 8 heteroatoms. The smallest absolute Gasteiger partial charge is 0.321 e. The van der Waals surface area contributed by atoms with E-state index >= 15 is 0 Å². The normalized spacial score (nSPS) is 17.4. The van der Waals surface area contributed by atoms with E-state index in [2.05, 4.69) is 0 Å². The van der Waals surface area contributed by atoms with Crippen LogP contribution in [0.5, 0.6) is 0 Å². The van der Waals surface area contributed by atoms with E-state index < -0.39 is 28.8 Å². The van der Waals surface area contributed by atoms with Gasteiger partial charge in [-0.25, -0.2) is 0 Å². The number of aliphatic carboxylic acids is 2. The second-order valence-electron chi connectivity index (χ2n) is 4.25. The van der Waals surface area contributed by atoms with Crippen molar-refractivity contribution in [3.8, 4) is 0 Å². The number of carboxylic acid groups (broad SMARTS) is 2. The zero-order valence-corrected chi connectivity index (χ0v) is 10.4. The lowest BCUT2D eigenvalue weighted by Crippen LogP contribution is -2.42. The number of carboxylic acids is 2. The summed E-state index contributed by atoms with van der Waals surface area (Å²) >= 11 is 0. The molecule has 0 amide bonds. The van der Waals surface area contributed by atoms with E-state index in [-0.39, 0.29) is 18.5 Å². The third kappa shape index (κ3) is 4.02. The van der Waals surface area contributed by atoms with E-state index in [1.54, 1.807) is 6.08 Å². The van der Waals surface area contributed by atoms with Crippen LogP contribution in [0.3, 0.4) is 0 Å². The number of allylic oxidation sites excluding steroid dienone is 5. The second-order valence-corrected chi connectivity index (χ2v) is 4.25. The summed E-state index contributed by atoms with van der Waals surface area (Å²) in [4.78, 5) is 31.9. The van der Waals surface area contributed by atoms with Crippen molar-refractivity contribution < 1.29 is 24.7 Å². The van der Waals surface area contributed by atoms with E-state index in [1.165, 1.54) is 18.2 Å². The maximum absolute atomic E-state index is 11.1. The SMILES string of the molecule is NC(C(=O)O)C(CC1=CCC=C([N+](=O)[O-])C=C1)C(=O)O. The minimum absolute atomic E-state index is 0.0920. The van der Waals surface area contributed by atoms with E-state index in [9.17, 15) is 19.7 Å². The first kappa shape index (κ1) is 15.6. The zero-order chi connectivity index (χ0) is 15.3. The van der Waals surface area contributed by atoms with Gasteiger partial charge in [0.25, 0.3) is 5.70 Å². The molecule has 0 bridgehead atoms. The topological polar surface area (TPSA) is 144 Å². The molecule has 1 rings (SSSR count). The molecule has 0 aromatic carbocycles. The Morgan fingerprint density at radius 1 is 1.30 bits per heavy atom. The molecule has 1 aliphatic carbocycles. The van der Waals surface area contributed by atoms with Crippen LogP contribution in [0.25, 0.3) is 0 Å². The molecule has 2 unspecified atom stereocenters. The van der Waals surface area contributed by atoms with Crippen LogP contribution in [0.1, 0.15) is 12.8 Å². The molecule has 0 saturated heterocycles. The third-order valence-corrected chi connectivity index (χ3v) is 2.88. The molecule has 8 nitrogen and oxygen atoms in total. The molecule has 0 aliphatic heterocycles. The fourth-order valence-electron chi connectivity index (χ4n) is 1.74. The van der Waals surface area contributed by atoms with Gasteiger partial charge in [0, 0.05) is 6.08 Å². The number of rotatable bonds is 6. The first-order valence-electron chi connectivity index (χ1n) is 5.75. The molecule has 108 valence electrons. The quantitative estimate of drug-likeness (QED) is 0.476. The highest BCUT2D eigenvalue weighted by Crippen LogP contribution is 2.20. The highest BCUT2D eigenvalue weighted by atomic mass is 16.6. The van der Waals surface area contributed by atoms with Crippen LogP contribution >= 0.6 is 0 Å². The summed E-state index contributed by atoms with van der Waals surface area (Å²) in [6, 6.07) is -1.53. The lowest BCUT2D eigenvalue weighted by molar-refractivity contribution is -0.419. The summed E-state index contributed by atoms with van der Waals surface area (Å²) < 4.78 is 0. The van der Waals surface area contributed by atoms with Crippen molar-refractivity contribution in [3.05, 3.63) is 45.7 Å². The van der Waals surface area contributed by atoms with Gasteiger partial charge in [-0.05, 0) is 18.9 Å². The van der Waals surface area contributed by atoms with Crippen LogP contribution in [-0.4, -0.2) is 33.1 Å². The molecule has 0 radical (unpaired) electrons. The average molecular weight is 282 g/mol. The number of hydrogen-bond donors (Lipinski definition) is 3. The van der Waals surface area contributed by atoms with Gasteiger partial charge in [-0.3, -0.25) is 19.7 Å². The summed E-state index contributed by atoms with van der Waals surface area (Å²) in [6.07, 6.45) is 5.83. The number of nitro groups is 1. The second kappa shape index (κ2) is 6.62. The predicted octanol–water partition coefficient (Wildman–Crippen LogP) is 0.536. The molecular weight excluding hydrogens is 268 g/mol. The van der Waals surface area contributed by atoms with E-state index in [0.29, 0.717) is 5.57 Å². The monoisotopic (exact) mass is 282 g/mol. The van der Waals surface area contributed by atoms with Gasteiger partial charge < -0.3 is 15.9 Å². The molecule has 0 spiro atoms. The standard InChI is InChI=1S/C12H14N2O6/c13-10(12(17)18)9(11(15)16)6-7-2-1-3-8(5-4-7)14(19)20/h2-5,9-10H,1,6,13H2,(H,15,16)(H,17,18). The Morgan fingerprint density at radius 2 is 1.95 bits per heavy atom. The van der Waals surface area contributed by atoms with Gasteiger partial charge in [0.05, 0.1) is 10.8 Å². The van der Waals surface area contributed by atoms with Crippen LogP contribution in [0.4, 0.5) is 0 Å². The molecule has 0 aromatic heterocycles. The molecule has 1 aliphatic rings. The van der Waals surface area contributed by atoms with Gasteiger partial charge in [0.2, 0.25) is 0 Å². The summed E-state index contributed by atoms with van der Waals surface area (Å²) in [6.45, 7) is 0. The Kier molecular flexibility index (Phi) is 5.15. The molecule has 0 fully saturated rings. The third-order valence-electron chi connectivity index (χ3n) is 2.88. The van der Waals surface area contributed by atoms with Gasteiger partial charge in [-0.1, -0.05) is 17.7 Å². The first-order valence-corrected chi connectivity index (χ1v) is 5.75. The van der Waals surface area contributed by atoms with E-state index in [4.69, 9.17) is 15.9 Å². The lowest BCUT2D eigenvalue weighted by atomic mass is 9.92. The minimum Gasteiger partial charge on any atom is -0.481 e. The molecular formula is C12H14N2O6. The Labute approximate surface area is 114 Å². The minimum atomic E-state index is -1.53. The van der Waals surface area contributed by atoms with Crippen molar-refractivity contribution in [2.75, 3.05) is 0 Å². The van der Waals surface area contributed by atoms with Crippen molar-refractivity contribution in [1.29, 1.82) is 0 Å². The van der Waals surface area contributed by atoms with Gasteiger partial charge >= 0.3 is 11.9 Å². The zero-order valence-electron chi connectivity index (χ0n) is 10.4. The first-order chi connectivity index (χ1) is 9.32. The lowest BCUT2D eigenvalue weighted by Gasteiger charge is -2.16. The van der Waals surface area contributed by atoms with Gasteiger partial charge in [0.1, 0.15) is 6.04 Å². The number of carbonyl (C=O) groups is 2. The van der Waals surface area contributed by atoms with Crippen LogP contribution in [-0.2, 0) is 9.59 Å². The van der Waals surface area contributed by atoms with Crippen LogP contribution in [0, 0.1) is 16.0 Å². The van der Waals surface area contributed by atoms with Gasteiger partial charge in [-0.2, -0.15) is 0 Å². The summed E-state index contributed by atoms with van der Waals surface area (Å²) in [7, 11) is 0. The van der Waals surface area contributed by atoms with Crippen molar-refractivity contribution in [3.63, 3.8) is 0 Å². The highest BCUT2D eigenvalue weighted by molar-refractivity contribution is 5.82. The Morgan fingerprint density at radius 3 is 2.45 bits per heavy atom. The van der Waals surface area contributed by atoms with Crippen LogP contribution in [0.15, 0.2) is 35.6 Å². The number of nitrogens with zero attached hydrogens (tertiary/aromatic N) is 1. The summed E-state index contributed by atoms with van der Waals surface area (Å²) in [5.41, 5.74) is 5.75. The molecule has 0 aromatic rings. The Balaban J connectivity index is 2.84. The van der Waals surface area contributed by atoms with Crippen molar-refractivity contribution >= 4 is 11.9 Å². The molecule has 4 N–H and O–H groups in total. The van der Waals surface area contributed by atoms with Crippen LogP contribution in [0.2, 0.25) is 0 Å².